The average Bonchev–Trinajstić information content (AvgIpc) is 3.66. The van der Waals surface area contributed by atoms with Gasteiger partial charge in [0.2, 0.25) is 0 Å². The van der Waals surface area contributed by atoms with Crippen molar-refractivity contribution in [1.29, 1.82) is 0 Å². The van der Waals surface area contributed by atoms with Crippen molar-refractivity contribution in [3.63, 3.8) is 0 Å². The van der Waals surface area contributed by atoms with Crippen molar-refractivity contribution >= 4 is 10.0 Å². The number of benzene rings is 7. The first-order chi connectivity index (χ1) is 22.3. The van der Waals surface area contributed by atoms with E-state index in [0.29, 0.717) is 0 Å². The fraction of sp³-hybridized carbons (Fsp3) is 0.0455. The molecule has 0 aromatic heterocycles. The van der Waals surface area contributed by atoms with Gasteiger partial charge in [0.15, 0.2) is 0 Å². The minimum absolute atomic E-state index is 0.201. The van der Waals surface area contributed by atoms with E-state index in [1.807, 2.05) is 0 Å². The van der Waals surface area contributed by atoms with Gasteiger partial charge in [0, 0.05) is 25.5 Å². The van der Waals surface area contributed by atoms with Crippen LogP contribution in [-0.4, -0.2) is 0 Å². The van der Waals surface area contributed by atoms with Crippen molar-refractivity contribution in [2.24, 2.45) is 0 Å². The lowest BCUT2D eigenvalue weighted by molar-refractivity contribution is 1.00. The summed E-state index contributed by atoms with van der Waals surface area (Å²) in [5, 5.41) is 0. The molecule has 0 amide bonds. The molecule has 0 N–H and O–H groups in total. The van der Waals surface area contributed by atoms with E-state index < -0.39 is 10.0 Å². The topological polar surface area (TPSA) is 0 Å². The Balaban J connectivity index is 1.35. The monoisotopic (exact) mass is 592 g/mol. The van der Waals surface area contributed by atoms with E-state index in [9.17, 15) is 0 Å². The van der Waals surface area contributed by atoms with Crippen LogP contribution in [0.5, 0.6) is 0 Å². The largest absolute Gasteiger partial charge is 0.133 e. The molecule has 0 fully saturated rings. The van der Waals surface area contributed by atoms with Gasteiger partial charge < -0.3 is 0 Å². The third kappa shape index (κ3) is 3.94. The first-order valence-corrected chi connectivity index (χ1v) is 17.4. The molecule has 0 saturated carbocycles. The molecule has 0 heterocycles. The lowest BCUT2D eigenvalue weighted by atomic mass is 9.89. The summed E-state index contributed by atoms with van der Waals surface area (Å²) >= 11 is 0. The summed E-state index contributed by atoms with van der Waals surface area (Å²) in [6.07, 6.45) is 0.958. The Morgan fingerprint density at radius 3 is 1.58 bits per heavy atom. The maximum atomic E-state index is 2.54. The van der Waals surface area contributed by atoms with Gasteiger partial charge in [0.25, 0.3) is 0 Å². The van der Waals surface area contributed by atoms with Crippen molar-refractivity contribution in [2.75, 3.05) is 0 Å². The summed E-state index contributed by atoms with van der Waals surface area (Å²) < 4.78 is 0. The number of fused-ring (bicyclic) bond motifs is 6. The van der Waals surface area contributed by atoms with Crippen molar-refractivity contribution < 1.29 is 0 Å². The summed E-state index contributed by atoms with van der Waals surface area (Å²) in [6, 6.07) is 66.1. The summed E-state index contributed by atoms with van der Waals surface area (Å²) in [4.78, 5) is 5.55. The van der Waals surface area contributed by atoms with Gasteiger partial charge in [-0.3, -0.25) is 0 Å². The fourth-order valence-electron chi connectivity index (χ4n) is 7.85. The summed E-state index contributed by atoms with van der Waals surface area (Å²) in [5.74, 6) is 0.201. The van der Waals surface area contributed by atoms with E-state index in [-0.39, 0.29) is 5.92 Å². The Labute approximate surface area is 267 Å². The molecular formula is C44H32S. The molecule has 0 aliphatic heterocycles. The second kappa shape index (κ2) is 10.5. The molecule has 0 saturated heterocycles. The zero-order valence-corrected chi connectivity index (χ0v) is 25.8. The Morgan fingerprint density at radius 2 is 0.911 bits per heavy atom. The normalized spacial score (nSPS) is 13.5. The van der Waals surface area contributed by atoms with E-state index in [4.69, 9.17) is 0 Å². The van der Waals surface area contributed by atoms with Crippen molar-refractivity contribution in [1.82, 2.24) is 0 Å². The Hall–Kier alpha value is -5.11. The second-order valence-electron chi connectivity index (χ2n) is 12.0. The average molecular weight is 593 g/mol. The molecular weight excluding hydrogens is 561 g/mol. The molecule has 0 nitrogen and oxygen atoms in total. The third-order valence-electron chi connectivity index (χ3n) is 9.71. The maximum Gasteiger partial charge on any atom is 0.0352 e. The van der Waals surface area contributed by atoms with E-state index in [0.717, 1.165) is 6.42 Å². The van der Waals surface area contributed by atoms with Crippen LogP contribution in [0.4, 0.5) is 0 Å². The molecule has 2 aliphatic rings. The van der Waals surface area contributed by atoms with Crippen molar-refractivity contribution in [2.45, 2.75) is 31.9 Å². The quantitative estimate of drug-likeness (QED) is 0.186. The molecule has 0 bridgehead atoms. The first kappa shape index (κ1) is 26.3. The number of hydrogen-bond donors (Lipinski definition) is 0. The van der Waals surface area contributed by atoms with Crippen LogP contribution in [0.25, 0.3) is 22.3 Å². The van der Waals surface area contributed by atoms with Crippen LogP contribution in [0.3, 0.4) is 0 Å². The smallest absolute Gasteiger partial charge is 0.0352 e. The van der Waals surface area contributed by atoms with Gasteiger partial charge in [0.05, 0.1) is 0 Å². The molecule has 0 atom stereocenters. The summed E-state index contributed by atoms with van der Waals surface area (Å²) in [7, 11) is -1.86. The molecule has 0 unspecified atom stereocenters. The highest BCUT2D eigenvalue weighted by atomic mass is 32.3. The SMILES string of the molecule is c1ccc(S(c2ccccc2)(c2cccc(C3c4ccccc4-c4ccccc43)c2)c2cccc3c2Cc2ccccc2-3)cc1. The van der Waals surface area contributed by atoms with E-state index >= 15 is 0 Å². The predicted octanol–water partition coefficient (Wildman–Crippen LogP) is 11.8. The molecule has 7 aromatic carbocycles. The van der Waals surface area contributed by atoms with Gasteiger partial charge in [-0.1, -0.05) is 133 Å². The van der Waals surface area contributed by atoms with Gasteiger partial charge in [-0.05, 0) is 99.0 Å². The van der Waals surface area contributed by atoms with E-state index in [1.165, 1.54) is 69.7 Å². The number of hydrogen-bond acceptors (Lipinski definition) is 0. The molecule has 7 aromatic rings. The van der Waals surface area contributed by atoms with Crippen LogP contribution in [-0.2, 0) is 6.42 Å². The number of rotatable bonds is 5. The lowest BCUT2D eigenvalue weighted by Crippen LogP contribution is -2.09. The predicted molar refractivity (Wildman–Crippen MR) is 187 cm³/mol. The molecule has 0 radical (unpaired) electrons. The standard InChI is InChI=1S/C44H32S/c1-3-17-33(18-4-1)45(34-19-5-2-6-20-34,43-28-14-27-37-36-22-8-7-15-31(36)30-42(37)43)35-21-13-16-32(29-35)44-40-25-11-9-23-38(40)39-24-10-12-26-41(39)44/h1-29,44H,30H2. The second-order valence-corrected chi connectivity index (χ2v) is 15.1. The van der Waals surface area contributed by atoms with Gasteiger partial charge in [-0.15, -0.1) is 10.0 Å². The minimum atomic E-state index is -1.86. The van der Waals surface area contributed by atoms with Gasteiger partial charge >= 0.3 is 0 Å². The van der Waals surface area contributed by atoms with E-state index in [2.05, 4.69) is 176 Å². The van der Waals surface area contributed by atoms with Crippen LogP contribution >= 0.6 is 10.0 Å². The molecule has 9 rings (SSSR count). The zero-order chi connectivity index (χ0) is 29.8. The lowest BCUT2D eigenvalue weighted by Gasteiger charge is -2.43. The third-order valence-corrected chi connectivity index (χ3v) is 13.7. The zero-order valence-electron chi connectivity index (χ0n) is 24.9. The van der Waals surface area contributed by atoms with Gasteiger partial charge in [-0.2, -0.15) is 0 Å². The highest BCUT2D eigenvalue weighted by molar-refractivity contribution is 8.34. The molecule has 45 heavy (non-hydrogen) atoms. The highest BCUT2D eigenvalue weighted by Gasteiger charge is 2.38. The van der Waals surface area contributed by atoms with Crippen LogP contribution in [0, 0.1) is 0 Å². The van der Waals surface area contributed by atoms with Gasteiger partial charge in [-0.25, -0.2) is 0 Å². The van der Waals surface area contributed by atoms with Crippen molar-refractivity contribution in [3.05, 3.63) is 204 Å². The molecule has 2 aliphatic carbocycles. The van der Waals surface area contributed by atoms with E-state index in [1.54, 1.807) is 0 Å². The Bertz CT molecular complexity index is 2110. The van der Waals surface area contributed by atoms with Crippen LogP contribution in [0.1, 0.15) is 33.7 Å². The summed E-state index contributed by atoms with van der Waals surface area (Å²) in [5.41, 5.74) is 12.5. The Kier molecular flexibility index (Phi) is 6.14. The fourth-order valence-corrected chi connectivity index (χ4v) is 12.0. The van der Waals surface area contributed by atoms with Crippen LogP contribution in [0.2, 0.25) is 0 Å². The van der Waals surface area contributed by atoms with Crippen LogP contribution < -0.4 is 0 Å². The summed E-state index contributed by atoms with van der Waals surface area (Å²) in [6.45, 7) is 0. The van der Waals surface area contributed by atoms with Crippen molar-refractivity contribution in [3.8, 4) is 22.3 Å². The molecule has 0 spiro atoms. The Morgan fingerprint density at radius 1 is 0.400 bits per heavy atom. The van der Waals surface area contributed by atoms with Gasteiger partial charge in [0.1, 0.15) is 0 Å². The molecule has 214 valence electrons. The van der Waals surface area contributed by atoms with Crippen LogP contribution in [0.15, 0.2) is 196 Å². The first-order valence-electron chi connectivity index (χ1n) is 15.8. The maximum absolute atomic E-state index is 2.54. The minimum Gasteiger partial charge on any atom is -0.133 e. The highest BCUT2D eigenvalue weighted by Crippen LogP contribution is 2.75. The molecule has 1 heteroatoms.